The molecule has 4 rings (SSSR count). The van der Waals surface area contributed by atoms with Crippen LogP contribution in [0.25, 0.3) is 5.69 Å². The molecule has 4 aromatic rings. The van der Waals surface area contributed by atoms with Gasteiger partial charge < -0.3 is 9.88 Å². The second kappa shape index (κ2) is 9.04. The summed E-state index contributed by atoms with van der Waals surface area (Å²) in [6.45, 7) is 6.18. The topological polar surface area (TPSA) is 47.7 Å². The fourth-order valence-corrected chi connectivity index (χ4v) is 3.97. The summed E-state index contributed by atoms with van der Waals surface area (Å²) < 4.78 is 3.87. The van der Waals surface area contributed by atoms with Crippen LogP contribution < -0.4 is 5.32 Å². The minimum Gasteiger partial charge on any atom is -0.331 e. The van der Waals surface area contributed by atoms with Crippen LogP contribution in [0, 0.1) is 13.8 Å². The summed E-state index contributed by atoms with van der Waals surface area (Å²) in [7, 11) is 0. The van der Waals surface area contributed by atoms with Crippen molar-refractivity contribution in [2.24, 2.45) is 0 Å². The van der Waals surface area contributed by atoms with Crippen LogP contribution in [0.2, 0.25) is 10.2 Å². The smallest absolute Gasteiger partial charge is 0.137 e. The van der Waals surface area contributed by atoms with Crippen LogP contribution in [0.4, 0.5) is 0 Å². The van der Waals surface area contributed by atoms with Crippen molar-refractivity contribution in [2.45, 2.75) is 33.5 Å². The van der Waals surface area contributed by atoms with Gasteiger partial charge in [0, 0.05) is 42.6 Å². The maximum atomic E-state index is 6.63. The summed E-state index contributed by atoms with van der Waals surface area (Å²) in [5, 5.41) is 9.34. The van der Waals surface area contributed by atoms with Gasteiger partial charge in [-0.2, -0.15) is 5.10 Å². The Hall–Kier alpha value is -2.60. The molecule has 0 bridgehead atoms. The van der Waals surface area contributed by atoms with E-state index in [4.69, 9.17) is 23.2 Å². The fraction of sp³-hybridized carbons (Fsp3) is 0.217. The highest BCUT2D eigenvalue weighted by molar-refractivity contribution is 6.31. The van der Waals surface area contributed by atoms with Crippen LogP contribution in [-0.2, 0) is 19.6 Å². The van der Waals surface area contributed by atoms with E-state index in [1.54, 1.807) is 4.68 Å². The van der Waals surface area contributed by atoms with Gasteiger partial charge in [0.2, 0.25) is 0 Å². The van der Waals surface area contributed by atoms with Crippen molar-refractivity contribution >= 4 is 23.2 Å². The molecule has 5 nitrogen and oxygen atoms in total. The van der Waals surface area contributed by atoms with Crippen molar-refractivity contribution in [1.82, 2.24) is 24.6 Å². The van der Waals surface area contributed by atoms with Crippen molar-refractivity contribution in [1.29, 1.82) is 0 Å². The Morgan fingerprint density at radius 1 is 0.967 bits per heavy atom. The van der Waals surface area contributed by atoms with E-state index in [-0.39, 0.29) is 0 Å². The van der Waals surface area contributed by atoms with Gasteiger partial charge in [-0.25, -0.2) is 9.67 Å². The lowest BCUT2D eigenvalue weighted by Gasteiger charge is -2.09. The number of halogens is 2. The lowest BCUT2D eigenvalue weighted by atomic mass is 10.1. The number of aromatic nitrogens is 4. The molecule has 0 unspecified atom stereocenters. The number of imidazole rings is 1. The molecule has 0 radical (unpaired) electrons. The first-order valence-electron chi connectivity index (χ1n) is 9.77. The monoisotopic (exact) mass is 439 g/mol. The van der Waals surface area contributed by atoms with Crippen molar-refractivity contribution < 1.29 is 0 Å². The largest absolute Gasteiger partial charge is 0.331 e. The van der Waals surface area contributed by atoms with Crippen molar-refractivity contribution in [3.63, 3.8) is 0 Å². The summed E-state index contributed by atoms with van der Waals surface area (Å²) >= 11 is 12.7. The third kappa shape index (κ3) is 4.59. The molecule has 0 aliphatic rings. The summed E-state index contributed by atoms with van der Waals surface area (Å²) in [5.74, 6) is 1.01. The second-order valence-corrected chi connectivity index (χ2v) is 8.07. The Morgan fingerprint density at radius 2 is 1.77 bits per heavy atom. The van der Waals surface area contributed by atoms with E-state index < -0.39 is 0 Å². The SMILES string of the molecule is Cc1nn(-c2cccc(Cl)c2)c(Cl)c1CNCc1cccc(Cn2ccnc2C)c1. The highest BCUT2D eigenvalue weighted by Gasteiger charge is 2.14. The maximum Gasteiger partial charge on any atom is 0.137 e. The second-order valence-electron chi connectivity index (χ2n) is 7.27. The third-order valence-corrected chi connectivity index (χ3v) is 5.70. The molecule has 0 aliphatic heterocycles. The summed E-state index contributed by atoms with van der Waals surface area (Å²) in [6.07, 6.45) is 3.83. The van der Waals surface area contributed by atoms with Crippen molar-refractivity contribution in [3.8, 4) is 5.69 Å². The van der Waals surface area contributed by atoms with Gasteiger partial charge >= 0.3 is 0 Å². The molecule has 7 heteroatoms. The van der Waals surface area contributed by atoms with E-state index in [2.05, 4.69) is 44.2 Å². The minimum atomic E-state index is 0.603. The standard InChI is InChI=1S/C23H23Cl2N5/c1-16-22(23(25)30(28-16)21-8-4-7-20(24)12-21)14-26-13-18-5-3-6-19(11-18)15-29-10-9-27-17(29)2/h3-12,26H,13-15H2,1-2H3. The van der Waals surface area contributed by atoms with Gasteiger partial charge in [0.05, 0.1) is 11.4 Å². The number of aryl methyl sites for hydroxylation is 2. The Balaban J connectivity index is 1.42. The quantitative estimate of drug-likeness (QED) is 0.423. The molecule has 2 heterocycles. The first-order valence-corrected chi connectivity index (χ1v) is 10.5. The van der Waals surface area contributed by atoms with Gasteiger partial charge in [-0.3, -0.25) is 0 Å². The van der Waals surface area contributed by atoms with Crippen LogP contribution in [-0.4, -0.2) is 19.3 Å². The molecular weight excluding hydrogens is 417 g/mol. The molecule has 0 spiro atoms. The molecule has 2 aromatic heterocycles. The Morgan fingerprint density at radius 3 is 2.53 bits per heavy atom. The molecule has 0 atom stereocenters. The highest BCUT2D eigenvalue weighted by Crippen LogP contribution is 2.25. The van der Waals surface area contributed by atoms with Gasteiger partial charge in [-0.1, -0.05) is 53.5 Å². The van der Waals surface area contributed by atoms with E-state index >= 15 is 0 Å². The van der Waals surface area contributed by atoms with Crippen LogP contribution in [0.15, 0.2) is 60.9 Å². The van der Waals surface area contributed by atoms with Gasteiger partial charge in [0.15, 0.2) is 0 Å². The lowest BCUT2D eigenvalue weighted by molar-refractivity contribution is 0.688. The van der Waals surface area contributed by atoms with Gasteiger partial charge in [-0.15, -0.1) is 0 Å². The minimum absolute atomic E-state index is 0.603. The highest BCUT2D eigenvalue weighted by atomic mass is 35.5. The number of hydrogen-bond donors (Lipinski definition) is 1. The molecule has 1 N–H and O–H groups in total. The Bertz CT molecular complexity index is 1160. The number of benzene rings is 2. The Labute approximate surface area is 186 Å². The molecule has 0 aliphatic carbocycles. The average Bonchev–Trinajstić information content (AvgIpc) is 3.25. The van der Waals surface area contributed by atoms with E-state index in [0.717, 1.165) is 35.9 Å². The van der Waals surface area contributed by atoms with E-state index in [9.17, 15) is 0 Å². The van der Waals surface area contributed by atoms with E-state index in [0.29, 0.717) is 16.7 Å². The van der Waals surface area contributed by atoms with Gasteiger partial charge in [0.1, 0.15) is 11.0 Å². The predicted molar refractivity (Wildman–Crippen MR) is 121 cm³/mol. The third-order valence-electron chi connectivity index (χ3n) is 5.07. The molecular formula is C23H23Cl2N5. The number of hydrogen-bond acceptors (Lipinski definition) is 3. The molecule has 0 fully saturated rings. The molecule has 0 amide bonds. The number of nitrogens with zero attached hydrogens (tertiary/aromatic N) is 4. The van der Waals surface area contributed by atoms with Gasteiger partial charge in [-0.05, 0) is 43.2 Å². The van der Waals surface area contributed by atoms with Crippen molar-refractivity contribution in [3.05, 3.63) is 99.3 Å². The van der Waals surface area contributed by atoms with Crippen LogP contribution in [0.3, 0.4) is 0 Å². The number of rotatable bonds is 7. The average molecular weight is 440 g/mol. The molecule has 30 heavy (non-hydrogen) atoms. The van der Waals surface area contributed by atoms with Gasteiger partial charge in [0.25, 0.3) is 0 Å². The summed E-state index contributed by atoms with van der Waals surface area (Å²) in [5.41, 5.74) is 5.21. The summed E-state index contributed by atoms with van der Waals surface area (Å²) in [6, 6.07) is 16.1. The van der Waals surface area contributed by atoms with Crippen molar-refractivity contribution in [2.75, 3.05) is 0 Å². The zero-order valence-electron chi connectivity index (χ0n) is 16.9. The molecule has 0 saturated carbocycles. The fourth-order valence-electron chi connectivity index (χ4n) is 3.45. The van der Waals surface area contributed by atoms with Crippen LogP contribution >= 0.6 is 23.2 Å². The van der Waals surface area contributed by atoms with E-state index in [1.807, 2.05) is 50.5 Å². The van der Waals surface area contributed by atoms with Crippen LogP contribution in [0.1, 0.15) is 28.2 Å². The number of nitrogens with one attached hydrogen (secondary N) is 1. The first kappa shape index (κ1) is 20.7. The summed E-state index contributed by atoms with van der Waals surface area (Å²) in [4.78, 5) is 4.29. The van der Waals surface area contributed by atoms with E-state index in [1.165, 1.54) is 11.1 Å². The zero-order valence-corrected chi connectivity index (χ0v) is 18.5. The molecule has 0 saturated heterocycles. The van der Waals surface area contributed by atoms with Crippen LogP contribution in [0.5, 0.6) is 0 Å². The first-order chi connectivity index (χ1) is 14.5. The Kier molecular flexibility index (Phi) is 6.23. The zero-order chi connectivity index (χ0) is 21.1. The molecule has 2 aromatic carbocycles. The molecule has 154 valence electrons. The predicted octanol–water partition coefficient (Wildman–Crippen LogP) is 5.33. The normalized spacial score (nSPS) is 11.2. The lowest BCUT2D eigenvalue weighted by Crippen LogP contribution is -2.13. The maximum absolute atomic E-state index is 6.63.